The molecule has 0 aliphatic carbocycles. The summed E-state index contributed by atoms with van der Waals surface area (Å²) in [6, 6.07) is 6.08. The van der Waals surface area contributed by atoms with Crippen LogP contribution in [0.25, 0.3) is 11.0 Å². The van der Waals surface area contributed by atoms with Crippen molar-refractivity contribution < 1.29 is 23.8 Å². The summed E-state index contributed by atoms with van der Waals surface area (Å²) in [6.07, 6.45) is 1.53. The van der Waals surface area contributed by atoms with Crippen LogP contribution in [0.3, 0.4) is 0 Å². The van der Waals surface area contributed by atoms with Crippen molar-refractivity contribution in [2.45, 2.75) is 38.8 Å². The van der Waals surface area contributed by atoms with Crippen molar-refractivity contribution in [3.8, 4) is 0 Å². The molecule has 1 aromatic carbocycles. The van der Waals surface area contributed by atoms with Crippen molar-refractivity contribution in [3.05, 3.63) is 36.1 Å². The Bertz CT molecular complexity index is 698. The zero-order valence-corrected chi connectivity index (χ0v) is 13.5. The highest BCUT2D eigenvalue weighted by atomic mass is 16.5. The number of rotatable bonds is 6. The van der Waals surface area contributed by atoms with Crippen LogP contribution in [0.15, 0.2) is 34.9 Å². The fraction of sp³-hybridized carbons (Fsp3) is 0.412. The van der Waals surface area contributed by atoms with Crippen molar-refractivity contribution in [3.63, 3.8) is 0 Å². The van der Waals surface area contributed by atoms with Crippen LogP contribution in [0.2, 0.25) is 0 Å². The molecule has 2 rings (SSSR count). The standard InChI is InChI=1S/C17H21NO5/c1-17(2,3)23-9-8-13(16(20)21)18-15(19)12-10-22-14-7-5-4-6-11(12)14/h4-7,10,13H,8-9H2,1-3H3,(H,18,19)(H,20,21). The molecule has 124 valence electrons. The number of amides is 1. The monoisotopic (exact) mass is 319 g/mol. The van der Waals surface area contributed by atoms with E-state index in [9.17, 15) is 14.7 Å². The lowest BCUT2D eigenvalue weighted by molar-refractivity contribution is -0.140. The van der Waals surface area contributed by atoms with E-state index in [-0.39, 0.29) is 18.6 Å². The molecule has 0 bridgehead atoms. The molecule has 0 spiro atoms. The van der Waals surface area contributed by atoms with Gasteiger partial charge in [-0.2, -0.15) is 0 Å². The number of carbonyl (C=O) groups excluding carboxylic acids is 1. The van der Waals surface area contributed by atoms with Gasteiger partial charge in [-0.3, -0.25) is 4.79 Å². The van der Waals surface area contributed by atoms with E-state index in [0.29, 0.717) is 16.5 Å². The number of carboxylic acid groups (broad SMARTS) is 1. The molecular formula is C17H21NO5. The van der Waals surface area contributed by atoms with Crippen LogP contribution in [-0.4, -0.2) is 35.2 Å². The maximum Gasteiger partial charge on any atom is 0.326 e. The molecule has 2 aromatic rings. The van der Waals surface area contributed by atoms with Crippen LogP contribution >= 0.6 is 0 Å². The van der Waals surface area contributed by atoms with Gasteiger partial charge in [0.25, 0.3) is 5.91 Å². The normalized spacial score (nSPS) is 13.0. The number of carboxylic acids is 1. The van der Waals surface area contributed by atoms with Gasteiger partial charge in [0.15, 0.2) is 0 Å². The van der Waals surface area contributed by atoms with Gasteiger partial charge in [0.2, 0.25) is 0 Å². The van der Waals surface area contributed by atoms with Gasteiger partial charge in [0.1, 0.15) is 17.9 Å². The van der Waals surface area contributed by atoms with Crippen LogP contribution < -0.4 is 5.32 Å². The molecule has 1 aromatic heterocycles. The van der Waals surface area contributed by atoms with Crippen molar-refractivity contribution in [1.82, 2.24) is 5.32 Å². The highest BCUT2D eigenvalue weighted by Gasteiger charge is 2.23. The first kappa shape index (κ1) is 17.0. The Morgan fingerprint density at radius 3 is 2.65 bits per heavy atom. The molecule has 0 aliphatic heterocycles. The van der Waals surface area contributed by atoms with Gasteiger partial charge >= 0.3 is 5.97 Å². The van der Waals surface area contributed by atoms with Gasteiger partial charge in [-0.1, -0.05) is 18.2 Å². The number of hydrogen-bond acceptors (Lipinski definition) is 4. The summed E-state index contributed by atoms with van der Waals surface area (Å²) in [5, 5.41) is 12.4. The van der Waals surface area contributed by atoms with Crippen molar-refractivity contribution in [1.29, 1.82) is 0 Å². The Kier molecular flexibility index (Phi) is 5.05. The Hall–Kier alpha value is -2.34. The summed E-state index contributed by atoms with van der Waals surface area (Å²) in [5.74, 6) is -1.57. The summed E-state index contributed by atoms with van der Waals surface area (Å²) in [4.78, 5) is 23.6. The van der Waals surface area contributed by atoms with E-state index in [4.69, 9.17) is 9.15 Å². The number of furan rings is 1. The highest BCUT2D eigenvalue weighted by Crippen LogP contribution is 2.20. The largest absolute Gasteiger partial charge is 0.480 e. The molecule has 6 nitrogen and oxygen atoms in total. The zero-order valence-electron chi connectivity index (χ0n) is 13.5. The molecule has 0 saturated heterocycles. The minimum atomic E-state index is -1.09. The van der Waals surface area contributed by atoms with Gasteiger partial charge in [-0.05, 0) is 26.8 Å². The number of fused-ring (bicyclic) bond motifs is 1. The second-order valence-electron chi connectivity index (χ2n) is 6.26. The van der Waals surface area contributed by atoms with Gasteiger partial charge in [0, 0.05) is 18.4 Å². The third-order valence-electron chi connectivity index (χ3n) is 3.27. The SMILES string of the molecule is CC(C)(C)OCCC(NC(=O)c1coc2ccccc12)C(=O)O. The summed E-state index contributed by atoms with van der Waals surface area (Å²) < 4.78 is 10.8. The van der Waals surface area contributed by atoms with E-state index in [1.165, 1.54) is 6.26 Å². The maximum atomic E-state index is 12.3. The molecule has 0 radical (unpaired) electrons. The second kappa shape index (κ2) is 6.83. The van der Waals surface area contributed by atoms with E-state index in [1.54, 1.807) is 24.3 Å². The fourth-order valence-electron chi connectivity index (χ4n) is 2.13. The lowest BCUT2D eigenvalue weighted by Gasteiger charge is -2.21. The Morgan fingerprint density at radius 1 is 1.30 bits per heavy atom. The first-order chi connectivity index (χ1) is 10.8. The van der Waals surface area contributed by atoms with Crippen molar-refractivity contribution >= 4 is 22.8 Å². The average molecular weight is 319 g/mol. The van der Waals surface area contributed by atoms with Gasteiger partial charge < -0.3 is 19.6 Å². The molecule has 1 atom stereocenters. The van der Waals surface area contributed by atoms with Gasteiger partial charge in [-0.15, -0.1) is 0 Å². The highest BCUT2D eigenvalue weighted by molar-refractivity contribution is 6.06. The molecule has 0 fully saturated rings. The molecular weight excluding hydrogens is 298 g/mol. The average Bonchev–Trinajstić information content (AvgIpc) is 2.88. The van der Waals surface area contributed by atoms with Crippen molar-refractivity contribution in [2.75, 3.05) is 6.61 Å². The number of aliphatic carboxylic acids is 1. The van der Waals surface area contributed by atoms with E-state index in [0.717, 1.165) is 0 Å². The number of benzene rings is 1. The topological polar surface area (TPSA) is 88.8 Å². The third-order valence-corrected chi connectivity index (χ3v) is 3.27. The maximum absolute atomic E-state index is 12.3. The third kappa shape index (κ3) is 4.56. The molecule has 6 heteroatoms. The Labute approximate surface area is 134 Å². The summed E-state index contributed by atoms with van der Waals surface area (Å²) >= 11 is 0. The number of ether oxygens (including phenoxy) is 1. The van der Waals surface area contributed by atoms with Crippen LogP contribution in [0.1, 0.15) is 37.6 Å². The van der Waals surface area contributed by atoms with Crippen molar-refractivity contribution in [2.24, 2.45) is 0 Å². The second-order valence-corrected chi connectivity index (χ2v) is 6.26. The molecule has 2 N–H and O–H groups in total. The number of hydrogen-bond donors (Lipinski definition) is 2. The van der Waals surface area contributed by atoms with E-state index in [2.05, 4.69) is 5.32 Å². The van der Waals surface area contributed by atoms with Crippen LogP contribution in [0.4, 0.5) is 0 Å². The Balaban J connectivity index is 2.04. The van der Waals surface area contributed by atoms with E-state index >= 15 is 0 Å². The fourth-order valence-corrected chi connectivity index (χ4v) is 2.13. The quantitative estimate of drug-likeness (QED) is 0.854. The van der Waals surface area contributed by atoms with Crippen LogP contribution in [-0.2, 0) is 9.53 Å². The number of carbonyl (C=O) groups is 2. The molecule has 1 amide bonds. The zero-order chi connectivity index (χ0) is 17.0. The van der Waals surface area contributed by atoms with Gasteiger partial charge in [-0.25, -0.2) is 4.79 Å². The first-order valence-corrected chi connectivity index (χ1v) is 7.42. The molecule has 1 heterocycles. The number of nitrogens with one attached hydrogen (secondary N) is 1. The minimum Gasteiger partial charge on any atom is -0.480 e. The van der Waals surface area contributed by atoms with Crippen LogP contribution in [0, 0.1) is 0 Å². The predicted octanol–water partition coefficient (Wildman–Crippen LogP) is 2.82. The summed E-state index contributed by atoms with van der Waals surface area (Å²) in [5.41, 5.74) is 0.553. The van der Waals surface area contributed by atoms with Crippen LogP contribution in [0.5, 0.6) is 0 Å². The lowest BCUT2D eigenvalue weighted by Crippen LogP contribution is -2.42. The smallest absolute Gasteiger partial charge is 0.326 e. The minimum absolute atomic E-state index is 0.189. The Morgan fingerprint density at radius 2 is 2.00 bits per heavy atom. The summed E-state index contributed by atoms with van der Waals surface area (Å²) in [7, 11) is 0. The van der Waals surface area contributed by atoms with E-state index in [1.807, 2.05) is 20.8 Å². The lowest BCUT2D eigenvalue weighted by atomic mass is 10.1. The molecule has 23 heavy (non-hydrogen) atoms. The van der Waals surface area contributed by atoms with Gasteiger partial charge in [0.05, 0.1) is 11.2 Å². The van der Waals surface area contributed by atoms with E-state index < -0.39 is 17.9 Å². The molecule has 0 aliphatic rings. The number of para-hydroxylation sites is 1. The molecule has 0 saturated carbocycles. The molecule has 1 unspecified atom stereocenters. The predicted molar refractivity (Wildman–Crippen MR) is 85.4 cm³/mol. The summed E-state index contributed by atoms with van der Waals surface area (Å²) in [6.45, 7) is 5.91. The first-order valence-electron chi connectivity index (χ1n) is 7.42.